The summed E-state index contributed by atoms with van der Waals surface area (Å²) in [4.78, 5) is 23.1. The number of carbonyl (C=O) groups excluding carboxylic acids is 2. The van der Waals surface area contributed by atoms with Crippen LogP contribution < -0.4 is 5.32 Å². The van der Waals surface area contributed by atoms with Crippen molar-refractivity contribution in [1.29, 1.82) is 0 Å². The minimum atomic E-state index is -1.06. The number of amides is 1. The SMILES string of the molecule is COCc1ccc(C(=O)N[C@H](CO)C(=O)OC)cc1. The van der Waals surface area contributed by atoms with Gasteiger partial charge in [-0.2, -0.15) is 0 Å². The largest absolute Gasteiger partial charge is 0.467 e. The number of aliphatic hydroxyl groups excluding tert-OH is 1. The first kappa shape index (κ1) is 15.1. The lowest BCUT2D eigenvalue weighted by molar-refractivity contribution is -0.143. The van der Waals surface area contributed by atoms with E-state index in [0.717, 1.165) is 5.56 Å². The third-order valence-corrected chi connectivity index (χ3v) is 2.50. The van der Waals surface area contributed by atoms with Crippen LogP contribution in [0.15, 0.2) is 24.3 Å². The number of hydrogen-bond acceptors (Lipinski definition) is 5. The number of rotatable bonds is 6. The molecule has 19 heavy (non-hydrogen) atoms. The molecule has 6 nitrogen and oxygen atoms in total. The molecular formula is C13H17NO5. The second kappa shape index (κ2) is 7.50. The molecule has 6 heteroatoms. The molecule has 1 amide bonds. The predicted molar refractivity (Wildman–Crippen MR) is 67.5 cm³/mol. The van der Waals surface area contributed by atoms with Crippen LogP contribution in [0, 0.1) is 0 Å². The quantitative estimate of drug-likeness (QED) is 0.714. The van der Waals surface area contributed by atoms with Crippen molar-refractivity contribution >= 4 is 11.9 Å². The van der Waals surface area contributed by atoms with Crippen LogP contribution >= 0.6 is 0 Å². The fraction of sp³-hybridized carbons (Fsp3) is 0.385. The molecular weight excluding hydrogens is 250 g/mol. The highest BCUT2D eigenvalue weighted by Crippen LogP contribution is 2.06. The van der Waals surface area contributed by atoms with Gasteiger partial charge in [0.25, 0.3) is 5.91 Å². The van der Waals surface area contributed by atoms with Gasteiger partial charge in [-0.1, -0.05) is 12.1 Å². The molecule has 1 aromatic carbocycles. The van der Waals surface area contributed by atoms with Crippen LogP contribution in [-0.2, 0) is 20.9 Å². The molecule has 0 unspecified atom stereocenters. The van der Waals surface area contributed by atoms with Crippen LogP contribution in [0.3, 0.4) is 0 Å². The van der Waals surface area contributed by atoms with Crippen molar-refractivity contribution in [3.63, 3.8) is 0 Å². The second-order valence-electron chi connectivity index (χ2n) is 3.86. The minimum absolute atomic E-state index is 0.391. The monoisotopic (exact) mass is 267 g/mol. The highest BCUT2D eigenvalue weighted by atomic mass is 16.5. The van der Waals surface area contributed by atoms with Crippen LogP contribution in [-0.4, -0.2) is 43.9 Å². The molecule has 1 rings (SSSR count). The van der Waals surface area contributed by atoms with Crippen molar-refractivity contribution in [3.05, 3.63) is 35.4 Å². The number of aliphatic hydroxyl groups is 1. The average molecular weight is 267 g/mol. The normalized spacial score (nSPS) is 11.7. The van der Waals surface area contributed by atoms with Gasteiger partial charge >= 0.3 is 5.97 Å². The van der Waals surface area contributed by atoms with Crippen LogP contribution in [0.4, 0.5) is 0 Å². The van der Waals surface area contributed by atoms with Gasteiger partial charge in [-0.05, 0) is 17.7 Å². The lowest BCUT2D eigenvalue weighted by Crippen LogP contribution is -2.44. The fourth-order valence-electron chi connectivity index (χ4n) is 1.48. The minimum Gasteiger partial charge on any atom is -0.467 e. The molecule has 0 radical (unpaired) electrons. The Morgan fingerprint density at radius 2 is 1.89 bits per heavy atom. The smallest absolute Gasteiger partial charge is 0.330 e. The first-order valence-corrected chi connectivity index (χ1v) is 5.69. The first-order chi connectivity index (χ1) is 9.12. The topological polar surface area (TPSA) is 84.9 Å². The number of benzene rings is 1. The lowest BCUT2D eigenvalue weighted by atomic mass is 10.1. The maximum absolute atomic E-state index is 11.8. The summed E-state index contributed by atoms with van der Waals surface area (Å²) in [5.41, 5.74) is 1.33. The average Bonchev–Trinajstić information content (AvgIpc) is 2.44. The van der Waals surface area contributed by atoms with Crippen molar-refractivity contribution in [2.75, 3.05) is 20.8 Å². The van der Waals surface area contributed by atoms with Crippen LogP contribution in [0.1, 0.15) is 15.9 Å². The van der Waals surface area contributed by atoms with Gasteiger partial charge in [0.2, 0.25) is 0 Å². The summed E-state index contributed by atoms with van der Waals surface area (Å²) in [6.45, 7) is -0.0521. The van der Waals surface area contributed by atoms with Gasteiger partial charge in [0.05, 0.1) is 20.3 Å². The second-order valence-corrected chi connectivity index (χ2v) is 3.86. The van der Waals surface area contributed by atoms with E-state index >= 15 is 0 Å². The highest BCUT2D eigenvalue weighted by molar-refractivity contribution is 5.96. The first-order valence-electron chi connectivity index (χ1n) is 5.69. The van der Waals surface area contributed by atoms with E-state index in [4.69, 9.17) is 9.84 Å². The van der Waals surface area contributed by atoms with E-state index in [1.165, 1.54) is 7.11 Å². The van der Waals surface area contributed by atoms with E-state index < -0.39 is 24.5 Å². The zero-order valence-electron chi connectivity index (χ0n) is 10.9. The van der Waals surface area contributed by atoms with Gasteiger partial charge in [-0.25, -0.2) is 4.79 Å². The fourth-order valence-corrected chi connectivity index (χ4v) is 1.48. The van der Waals surface area contributed by atoms with Gasteiger partial charge in [0.15, 0.2) is 6.04 Å². The van der Waals surface area contributed by atoms with E-state index in [9.17, 15) is 9.59 Å². The molecule has 1 aromatic rings. The molecule has 0 saturated heterocycles. The molecule has 0 aliphatic heterocycles. The zero-order chi connectivity index (χ0) is 14.3. The lowest BCUT2D eigenvalue weighted by Gasteiger charge is -2.13. The molecule has 0 heterocycles. The summed E-state index contributed by atoms with van der Waals surface area (Å²) in [7, 11) is 2.78. The summed E-state index contributed by atoms with van der Waals surface area (Å²) in [6, 6.07) is 5.69. The molecule has 0 aliphatic rings. The molecule has 0 fully saturated rings. The third-order valence-electron chi connectivity index (χ3n) is 2.50. The maximum Gasteiger partial charge on any atom is 0.330 e. The molecule has 1 atom stereocenters. The van der Waals surface area contributed by atoms with Crippen LogP contribution in [0.5, 0.6) is 0 Å². The maximum atomic E-state index is 11.8. The van der Waals surface area contributed by atoms with Crippen molar-refractivity contribution < 1.29 is 24.2 Å². The number of esters is 1. The van der Waals surface area contributed by atoms with Gasteiger partial charge < -0.3 is 19.9 Å². The van der Waals surface area contributed by atoms with E-state index in [1.54, 1.807) is 31.4 Å². The van der Waals surface area contributed by atoms with Crippen molar-refractivity contribution in [2.24, 2.45) is 0 Å². The van der Waals surface area contributed by atoms with Crippen LogP contribution in [0.25, 0.3) is 0 Å². The van der Waals surface area contributed by atoms with Crippen molar-refractivity contribution in [1.82, 2.24) is 5.32 Å². The summed E-state index contributed by atoms with van der Waals surface area (Å²) in [5, 5.41) is 11.4. The third kappa shape index (κ3) is 4.35. The van der Waals surface area contributed by atoms with Gasteiger partial charge in [-0.3, -0.25) is 4.79 Å². The summed E-state index contributed by atoms with van der Waals surface area (Å²) in [5.74, 6) is -1.14. The van der Waals surface area contributed by atoms with E-state index in [1.807, 2.05) is 0 Å². The number of methoxy groups -OCH3 is 2. The molecule has 0 aliphatic carbocycles. The number of ether oxygens (including phenoxy) is 2. The molecule has 0 bridgehead atoms. The number of hydrogen-bond donors (Lipinski definition) is 2. The van der Waals surface area contributed by atoms with Crippen molar-refractivity contribution in [3.8, 4) is 0 Å². The van der Waals surface area contributed by atoms with E-state index in [0.29, 0.717) is 12.2 Å². The molecule has 0 aromatic heterocycles. The predicted octanol–water partition coefficient (Wildman–Crippen LogP) is 0.0967. The Kier molecular flexibility index (Phi) is 5.98. The number of carbonyl (C=O) groups is 2. The Bertz CT molecular complexity index is 429. The Balaban J connectivity index is 2.69. The Morgan fingerprint density at radius 3 is 2.37 bits per heavy atom. The molecule has 2 N–H and O–H groups in total. The van der Waals surface area contributed by atoms with Gasteiger partial charge in [0, 0.05) is 12.7 Å². The molecule has 0 saturated carbocycles. The molecule has 0 spiro atoms. The summed E-state index contributed by atoms with van der Waals surface area (Å²) < 4.78 is 9.42. The molecule has 104 valence electrons. The Hall–Kier alpha value is -1.92. The standard InChI is InChI=1S/C13H17NO5/c1-18-8-9-3-5-10(6-4-9)12(16)14-11(7-15)13(17)19-2/h3-6,11,15H,7-8H2,1-2H3,(H,14,16)/t11-/m1/s1. The van der Waals surface area contributed by atoms with Crippen molar-refractivity contribution in [2.45, 2.75) is 12.6 Å². The van der Waals surface area contributed by atoms with Crippen LogP contribution in [0.2, 0.25) is 0 Å². The van der Waals surface area contributed by atoms with E-state index in [2.05, 4.69) is 10.1 Å². The summed E-state index contributed by atoms with van der Waals surface area (Å²) >= 11 is 0. The van der Waals surface area contributed by atoms with Gasteiger partial charge in [0.1, 0.15) is 0 Å². The zero-order valence-corrected chi connectivity index (χ0v) is 10.9. The van der Waals surface area contributed by atoms with Gasteiger partial charge in [-0.15, -0.1) is 0 Å². The highest BCUT2D eigenvalue weighted by Gasteiger charge is 2.20. The summed E-state index contributed by atoms with van der Waals surface area (Å²) in [6.07, 6.45) is 0. The van der Waals surface area contributed by atoms with E-state index in [-0.39, 0.29) is 0 Å². The Morgan fingerprint density at radius 1 is 1.26 bits per heavy atom. The number of nitrogens with one attached hydrogen (secondary N) is 1. The Labute approximate surface area is 111 Å².